The van der Waals surface area contributed by atoms with Crippen LogP contribution in [0.3, 0.4) is 0 Å². The molecule has 0 saturated heterocycles. The largest absolute Gasteiger partial charge is 0.481 e. The molecular weight excluding hydrogens is 285 g/mol. The van der Waals surface area contributed by atoms with Crippen LogP contribution in [-0.4, -0.2) is 21.3 Å². The lowest BCUT2D eigenvalue weighted by molar-refractivity contribution is -0.141. The van der Waals surface area contributed by atoms with E-state index in [2.05, 4.69) is 5.10 Å². The number of nitrogens with one attached hydrogen (secondary N) is 1. The number of carboxylic acid groups (broad SMARTS) is 1. The van der Waals surface area contributed by atoms with Crippen molar-refractivity contribution in [1.29, 1.82) is 0 Å². The first-order valence-corrected chi connectivity index (χ1v) is 6.32. The molecule has 7 heteroatoms. The zero-order valence-corrected chi connectivity index (χ0v) is 10.7. The molecule has 2 aromatic rings. The molecule has 0 unspecified atom stereocenters. The summed E-state index contributed by atoms with van der Waals surface area (Å²) in [4.78, 5) is 10.9. The normalized spacial score (nSPS) is 21.3. The molecular formula is C14H11F3N2O2. The second-order valence-electron chi connectivity index (χ2n) is 5.08. The Morgan fingerprint density at radius 1 is 1.33 bits per heavy atom. The average molecular weight is 296 g/mol. The molecule has 21 heavy (non-hydrogen) atoms. The summed E-state index contributed by atoms with van der Waals surface area (Å²) in [6.07, 6.45) is -3.90. The molecule has 0 amide bonds. The molecule has 1 aromatic carbocycles. The number of benzene rings is 1. The van der Waals surface area contributed by atoms with Crippen LogP contribution in [0.4, 0.5) is 13.2 Å². The van der Waals surface area contributed by atoms with Crippen LogP contribution < -0.4 is 0 Å². The van der Waals surface area contributed by atoms with Gasteiger partial charge in [0.2, 0.25) is 0 Å². The number of aliphatic carboxylic acids is 1. The number of carbonyl (C=O) groups is 1. The maximum Gasteiger partial charge on any atom is 0.432 e. The summed E-state index contributed by atoms with van der Waals surface area (Å²) in [6.45, 7) is 0. The van der Waals surface area contributed by atoms with Crippen molar-refractivity contribution in [3.8, 4) is 11.3 Å². The number of nitrogens with zero attached hydrogens (tertiary/aromatic N) is 1. The number of halogens is 3. The maximum absolute atomic E-state index is 12.5. The van der Waals surface area contributed by atoms with Gasteiger partial charge >= 0.3 is 12.1 Å². The summed E-state index contributed by atoms with van der Waals surface area (Å²) < 4.78 is 37.6. The lowest BCUT2D eigenvalue weighted by Crippen LogP contribution is -2.04. The Kier molecular flexibility index (Phi) is 3.00. The highest BCUT2D eigenvalue weighted by Crippen LogP contribution is 2.48. The van der Waals surface area contributed by atoms with Gasteiger partial charge in [0.25, 0.3) is 0 Å². The lowest BCUT2D eigenvalue weighted by atomic mass is 10.0. The highest BCUT2D eigenvalue weighted by Gasteiger charge is 2.44. The number of carboxylic acids is 1. The topological polar surface area (TPSA) is 66.0 Å². The molecule has 0 aliphatic heterocycles. The minimum atomic E-state index is -4.46. The Hall–Kier alpha value is -2.31. The van der Waals surface area contributed by atoms with Crippen molar-refractivity contribution >= 4 is 5.97 Å². The van der Waals surface area contributed by atoms with Gasteiger partial charge in [0.1, 0.15) is 5.69 Å². The van der Waals surface area contributed by atoms with Crippen LogP contribution in [0.2, 0.25) is 0 Å². The van der Waals surface area contributed by atoms with E-state index in [4.69, 9.17) is 5.11 Å². The molecule has 110 valence electrons. The maximum atomic E-state index is 12.5. The summed E-state index contributed by atoms with van der Waals surface area (Å²) in [7, 11) is 0. The van der Waals surface area contributed by atoms with E-state index in [1.165, 1.54) is 0 Å². The van der Waals surface area contributed by atoms with Crippen LogP contribution in [0.15, 0.2) is 30.3 Å². The van der Waals surface area contributed by atoms with Crippen LogP contribution >= 0.6 is 0 Å². The third-order valence-electron chi connectivity index (χ3n) is 3.60. The smallest absolute Gasteiger partial charge is 0.432 e. The number of H-pyrrole nitrogens is 1. The first-order chi connectivity index (χ1) is 9.86. The first-order valence-electron chi connectivity index (χ1n) is 6.32. The van der Waals surface area contributed by atoms with Crippen molar-refractivity contribution in [2.75, 3.05) is 0 Å². The Morgan fingerprint density at radius 3 is 2.67 bits per heavy atom. The summed E-state index contributed by atoms with van der Waals surface area (Å²) in [5.41, 5.74) is 0.640. The van der Waals surface area contributed by atoms with Gasteiger partial charge in [0.15, 0.2) is 0 Å². The molecule has 0 bridgehead atoms. The Morgan fingerprint density at radius 2 is 2.10 bits per heavy atom. The van der Waals surface area contributed by atoms with Gasteiger partial charge in [-0.3, -0.25) is 9.89 Å². The minimum absolute atomic E-state index is 0.0662. The van der Waals surface area contributed by atoms with Crippen LogP contribution in [0.1, 0.15) is 23.6 Å². The summed E-state index contributed by atoms with van der Waals surface area (Å²) >= 11 is 0. The number of aromatic nitrogens is 2. The van der Waals surface area contributed by atoms with Crippen molar-refractivity contribution in [3.05, 3.63) is 41.6 Å². The monoisotopic (exact) mass is 296 g/mol. The van der Waals surface area contributed by atoms with Crippen molar-refractivity contribution in [3.63, 3.8) is 0 Å². The van der Waals surface area contributed by atoms with E-state index in [0.29, 0.717) is 12.0 Å². The van der Waals surface area contributed by atoms with Crippen LogP contribution in [0.25, 0.3) is 11.3 Å². The van der Waals surface area contributed by atoms with Crippen molar-refractivity contribution in [2.24, 2.45) is 5.92 Å². The van der Waals surface area contributed by atoms with Gasteiger partial charge in [0, 0.05) is 5.56 Å². The predicted molar refractivity (Wildman–Crippen MR) is 67.5 cm³/mol. The number of hydrogen-bond donors (Lipinski definition) is 2. The number of rotatable bonds is 3. The second kappa shape index (κ2) is 4.61. The summed E-state index contributed by atoms with van der Waals surface area (Å²) in [6, 6.07) is 7.78. The molecule has 1 aromatic heterocycles. The van der Waals surface area contributed by atoms with Crippen molar-refractivity contribution in [1.82, 2.24) is 10.2 Å². The second-order valence-corrected chi connectivity index (χ2v) is 5.08. The van der Waals surface area contributed by atoms with E-state index in [-0.39, 0.29) is 11.6 Å². The van der Waals surface area contributed by atoms with Gasteiger partial charge < -0.3 is 5.11 Å². The number of hydrogen-bond acceptors (Lipinski definition) is 2. The van der Waals surface area contributed by atoms with E-state index in [0.717, 1.165) is 11.6 Å². The molecule has 0 spiro atoms. The first kappa shape index (κ1) is 13.7. The Labute approximate surface area is 117 Å². The molecule has 4 nitrogen and oxygen atoms in total. The van der Waals surface area contributed by atoms with Gasteiger partial charge in [0.05, 0.1) is 11.6 Å². The predicted octanol–water partition coefficient (Wildman–Crippen LogP) is 3.28. The van der Waals surface area contributed by atoms with Gasteiger partial charge in [-0.05, 0) is 30.0 Å². The van der Waals surface area contributed by atoms with Crippen molar-refractivity contribution < 1.29 is 23.1 Å². The van der Waals surface area contributed by atoms with Gasteiger partial charge in [-0.2, -0.15) is 18.3 Å². The molecule has 0 radical (unpaired) electrons. The zero-order chi connectivity index (χ0) is 15.2. The fraction of sp³-hybridized carbons (Fsp3) is 0.286. The van der Waals surface area contributed by atoms with Crippen molar-refractivity contribution in [2.45, 2.75) is 18.5 Å². The van der Waals surface area contributed by atoms with Crippen LogP contribution in [0, 0.1) is 5.92 Å². The Balaban J connectivity index is 1.87. The van der Waals surface area contributed by atoms with E-state index in [1.54, 1.807) is 24.3 Å². The zero-order valence-electron chi connectivity index (χ0n) is 10.7. The van der Waals surface area contributed by atoms with Gasteiger partial charge in [-0.25, -0.2) is 0 Å². The van der Waals surface area contributed by atoms with Gasteiger partial charge in [-0.15, -0.1) is 0 Å². The van der Waals surface area contributed by atoms with E-state index < -0.39 is 23.8 Å². The molecule has 2 atom stereocenters. The Bertz CT molecular complexity index is 694. The molecule has 1 saturated carbocycles. The molecule has 3 rings (SSSR count). The number of alkyl halides is 3. The standard InChI is InChI=1S/C14H11F3N2O2/c15-14(16,17)12-6-11(18-19-12)8-3-1-2-7(4-8)9-5-10(9)13(20)21/h1-4,6,9-10H,5H2,(H,18,19)(H,20,21)/t9-,10+/m0/s1. The molecule has 2 N–H and O–H groups in total. The van der Waals surface area contributed by atoms with Crippen LogP contribution in [-0.2, 0) is 11.0 Å². The van der Waals surface area contributed by atoms with Gasteiger partial charge in [-0.1, -0.05) is 18.2 Å². The van der Waals surface area contributed by atoms with E-state index >= 15 is 0 Å². The minimum Gasteiger partial charge on any atom is -0.481 e. The molecule has 1 fully saturated rings. The highest BCUT2D eigenvalue weighted by atomic mass is 19.4. The SMILES string of the molecule is O=C(O)[C@@H]1C[C@H]1c1cccc(-c2cc(C(F)(F)F)[nH]n2)c1. The fourth-order valence-corrected chi connectivity index (χ4v) is 2.38. The number of aromatic amines is 1. The van der Waals surface area contributed by atoms with E-state index in [1.807, 2.05) is 5.10 Å². The quantitative estimate of drug-likeness (QED) is 0.913. The lowest BCUT2D eigenvalue weighted by Gasteiger charge is -2.02. The average Bonchev–Trinajstić information content (AvgIpc) is 3.06. The summed E-state index contributed by atoms with van der Waals surface area (Å²) in [5.74, 6) is -1.31. The summed E-state index contributed by atoms with van der Waals surface area (Å²) in [5, 5.41) is 14.6. The molecule has 1 heterocycles. The van der Waals surface area contributed by atoms with E-state index in [9.17, 15) is 18.0 Å². The fourth-order valence-electron chi connectivity index (χ4n) is 2.38. The third-order valence-corrected chi connectivity index (χ3v) is 3.60. The molecule has 1 aliphatic carbocycles. The molecule has 1 aliphatic rings. The third kappa shape index (κ3) is 2.63. The highest BCUT2D eigenvalue weighted by molar-refractivity contribution is 5.75. The van der Waals surface area contributed by atoms with Crippen LogP contribution in [0.5, 0.6) is 0 Å².